The average molecular weight is 292 g/mol. The Kier molecular flexibility index (Phi) is 5.16. The van der Waals surface area contributed by atoms with Gasteiger partial charge >= 0.3 is 0 Å². The van der Waals surface area contributed by atoms with Crippen LogP contribution >= 0.6 is 11.6 Å². The van der Waals surface area contributed by atoms with E-state index in [9.17, 15) is 4.39 Å². The van der Waals surface area contributed by atoms with Gasteiger partial charge in [0.25, 0.3) is 0 Å². The smallest absolute Gasteiger partial charge is 0.127 e. The topological polar surface area (TPSA) is 12.0 Å². The highest BCUT2D eigenvalue weighted by Gasteiger charge is 2.15. The Hall–Kier alpha value is -1.38. The lowest BCUT2D eigenvalue weighted by atomic mass is 9.89. The van der Waals surface area contributed by atoms with Crippen molar-refractivity contribution in [1.82, 2.24) is 5.32 Å². The monoisotopic (exact) mass is 291 g/mol. The van der Waals surface area contributed by atoms with Gasteiger partial charge in [-0.3, -0.25) is 0 Å². The maximum atomic E-state index is 14.0. The zero-order chi connectivity index (χ0) is 14.5. The molecule has 2 aromatic rings. The minimum Gasteiger partial charge on any atom is -0.319 e. The molecule has 1 nitrogen and oxygen atoms in total. The van der Waals surface area contributed by atoms with Crippen LogP contribution in [0.3, 0.4) is 0 Å². The summed E-state index contributed by atoms with van der Waals surface area (Å²) in [6.45, 7) is 2.91. The van der Waals surface area contributed by atoms with Gasteiger partial charge in [0.15, 0.2) is 0 Å². The largest absolute Gasteiger partial charge is 0.319 e. The predicted octanol–water partition coefficient (Wildman–Crippen LogP) is 4.33. The fourth-order valence-corrected chi connectivity index (χ4v) is 2.69. The highest BCUT2D eigenvalue weighted by Crippen LogP contribution is 2.25. The number of benzene rings is 2. The van der Waals surface area contributed by atoms with Crippen molar-refractivity contribution < 1.29 is 4.39 Å². The van der Waals surface area contributed by atoms with Crippen molar-refractivity contribution in [3.05, 3.63) is 70.0 Å². The van der Waals surface area contributed by atoms with E-state index in [1.165, 1.54) is 17.2 Å². The molecule has 0 aliphatic carbocycles. The second kappa shape index (κ2) is 6.87. The molecule has 2 rings (SSSR count). The Balaban J connectivity index is 2.28. The first-order chi connectivity index (χ1) is 9.61. The fraction of sp³-hybridized carbons (Fsp3) is 0.294. The zero-order valence-corrected chi connectivity index (χ0v) is 12.5. The molecule has 0 heterocycles. The van der Waals surface area contributed by atoms with E-state index in [-0.39, 0.29) is 11.7 Å². The molecule has 1 unspecified atom stereocenters. The molecule has 0 aliphatic heterocycles. The van der Waals surface area contributed by atoms with Crippen LogP contribution in [0.4, 0.5) is 4.39 Å². The van der Waals surface area contributed by atoms with Crippen molar-refractivity contribution in [2.45, 2.75) is 19.3 Å². The van der Waals surface area contributed by atoms with Gasteiger partial charge in [-0.25, -0.2) is 4.39 Å². The van der Waals surface area contributed by atoms with Crippen LogP contribution in [0.25, 0.3) is 0 Å². The van der Waals surface area contributed by atoms with Crippen molar-refractivity contribution in [2.75, 3.05) is 13.6 Å². The van der Waals surface area contributed by atoms with Crippen LogP contribution < -0.4 is 5.32 Å². The third-order valence-corrected chi connectivity index (χ3v) is 3.80. The molecule has 0 saturated heterocycles. The molecule has 1 atom stereocenters. The Morgan fingerprint density at radius 2 is 1.95 bits per heavy atom. The van der Waals surface area contributed by atoms with Gasteiger partial charge in [-0.2, -0.15) is 0 Å². The number of nitrogens with one attached hydrogen (secondary N) is 1. The number of aryl methyl sites for hydroxylation is 1. The summed E-state index contributed by atoms with van der Waals surface area (Å²) in [6, 6.07) is 13.2. The lowest BCUT2D eigenvalue weighted by Gasteiger charge is -2.19. The number of halogens is 2. The third kappa shape index (κ3) is 3.59. The summed E-state index contributed by atoms with van der Waals surface area (Å²) in [6.07, 6.45) is 0.661. The van der Waals surface area contributed by atoms with E-state index < -0.39 is 0 Å². The molecule has 106 valence electrons. The summed E-state index contributed by atoms with van der Waals surface area (Å²) < 4.78 is 14.0. The molecule has 0 amide bonds. The second-order valence-electron chi connectivity index (χ2n) is 5.05. The third-order valence-electron chi connectivity index (χ3n) is 3.56. The lowest BCUT2D eigenvalue weighted by molar-refractivity contribution is 0.573. The molecule has 0 aromatic heterocycles. The highest BCUT2D eigenvalue weighted by atomic mass is 35.5. The molecule has 0 spiro atoms. The van der Waals surface area contributed by atoms with E-state index in [1.54, 1.807) is 12.1 Å². The standard InChI is InChI=1S/C17H19ClFN/c1-12-5-3-4-6-16(12)14(11-20-2)9-13-7-8-15(18)10-17(13)19/h3-8,10,14,20H,9,11H2,1-2H3. The summed E-state index contributed by atoms with van der Waals surface area (Å²) >= 11 is 5.80. The van der Waals surface area contributed by atoms with Gasteiger partial charge in [0.2, 0.25) is 0 Å². The van der Waals surface area contributed by atoms with Crippen LogP contribution in [-0.4, -0.2) is 13.6 Å². The molecule has 3 heteroatoms. The Bertz CT molecular complexity index is 583. The van der Waals surface area contributed by atoms with Crippen molar-refractivity contribution in [3.63, 3.8) is 0 Å². The molecule has 0 radical (unpaired) electrons. The normalized spacial score (nSPS) is 12.4. The van der Waals surface area contributed by atoms with Gasteiger partial charge in [-0.05, 0) is 49.2 Å². The Labute approximate surface area is 124 Å². The van der Waals surface area contributed by atoms with E-state index in [0.29, 0.717) is 17.0 Å². The van der Waals surface area contributed by atoms with E-state index in [0.717, 1.165) is 6.54 Å². The molecule has 1 N–H and O–H groups in total. The van der Waals surface area contributed by atoms with E-state index in [2.05, 4.69) is 24.4 Å². The van der Waals surface area contributed by atoms with Crippen molar-refractivity contribution in [3.8, 4) is 0 Å². The SMILES string of the molecule is CNCC(Cc1ccc(Cl)cc1F)c1ccccc1C. The van der Waals surface area contributed by atoms with Crippen LogP contribution in [0, 0.1) is 12.7 Å². The number of likely N-dealkylation sites (N-methyl/N-ethyl adjacent to an activating group) is 1. The fourth-order valence-electron chi connectivity index (χ4n) is 2.54. The summed E-state index contributed by atoms with van der Waals surface area (Å²) in [5.74, 6) is 0.0177. The minimum absolute atomic E-state index is 0.229. The maximum absolute atomic E-state index is 14.0. The minimum atomic E-state index is -0.229. The quantitative estimate of drug-likeness (QED) is 0.864. The van der Waals surface area contributed by atoms with Gasteiger partial charge in [0.1, 0.15) is 5.82 Å². The highest BCUT2D eigenvalue weighted by molar-refractivity contribution is 6.30. The van der Waals surface area contributed by atoms with E-state index in [4.69, 9.17) is 11.6 Å². The molecule has 20 heavy (non-hydrogen) atoms. The molecule has 0 fully saturated rings. The van der Waals surface area contributed by atoms with E-state index >= 15 is 0 Å². The molecule has 0 saturated carbocycles. The molecule has 2 aromatic carbocycles. The number of hydrogen-bond acceptors (Lipinski definition) is 1. The van der Waals surface area contributed by atoms with Crippen molar-refractivity contribution in [1.29, 1.82) is 0 Å². The second-order valence-corrected chi connectivity index (χ2v) is 5.49. The first-order valence-corrected chi connectivity index (χ1v) is 7.13. The predicted molar refractivity (Wildman–Crippen MR) is 83.0 cm³/mol. The Morgan fingerprint density at radius 3 is 2.60 bits per heavy atom. The maximum Gasteiger partial charge on any atom is 0.127 e. The van der Waals surface area contributed by atoms with Gasteiger partial charge in [-0.15, -0.1) is 0 Å². The van der Waals surface area contributed by atoms with E-state index in [1.807, 2.05) is 19.2 Å². The zero-order valence-electron chi connectivity index (χ0n) is 11.8. The first-order valence-electron chi connectivity index (χ1n) is 6.76. The van der Waals surface area contributed by atoms with Gasteiger partial charge in [0.05, 0.1) is 0 Å². The summed E-state index contributed by atoms with van der Waals surface area (Å²) in [5, 5.41) is 3.63. The van der Waals surface area contributed by atoms with Crippen LogP contribution in [0.1, 0.15) is 22.6 Å². The summed E-state index contributed by atoms with van der Waals surface area (Å²) in [4.78, 5) is 0. The van der Waals surface area contributed by atoms with Crippen molar-refractivity contribution in [2.24, 2.45) is 0 Å². The number of hydrogen-bond donors (Lipinski definition) is 1. The molecule has 0 aliphatic rings. The van der Waals surface area contributed by atoms with Crippen LogP contribution in [0.2, 0.25) is 5.02 Å². The van der Waals surface area contributed by atoms with Gasteiger partial charge in [0, 0.05) is 17.5 Å². The summed E-state index contributed by atoms with van der Waals surface area (Å²) in [7, 11) is 1.92. The van der Waals surface area contributed by atoms with Gasteiger partial charge < -0.3 is 5.32 Å². The lowest BCUT2D eigenvalue weighted by Crippen LogP contribution is -2.20. The van der Waals surface area contributed by atoms with Gasteiger partial charge in [-0.1, -0.05) is 41.9 Å². The van der Waals surface area contributed by atoms with Crippen LogP contribution in [-0.2, 0) is 6.42 Å². The molecular weight excluding hydrogens is 273 g/mol. The average Bonchev–Trinajstić information content (AvgIpc) is 2.42. The molecule has 0 bridgehead atoms. The molecular formula is C17H19ClFN. The number of rotatable bonds is 5. The summed E-state index contributed by atoms with van der Waals surface area (Å²) in [5.41, 5.74) is 3.20. The first kappa shape index (κ1) is 15.0. The van der Waals surface area contributed by atoms with Crippen LogP contribution in [0.15, 0.2) is 42.5 Å². The van der Waals surface area contributed by atoms with Crippen molar-refractivity contribution >= 4 is 11.6 Å². The van der Waals surface area contributed by atoms with Crippen LogP contribution in [0.5, 0.6) is 0 Å². The Morgan fingerprint density at radius 1 is 1.20 bits per heavy atom.